The highest BCUT2D eigenvalue weighted by Crippen LogP contribution is 1.89. The smallest absolute Gasteiger partial charge is 0.0638 e. The van der Waals surface area contributed by atoms with E-state index in [0.717, 1.165) is 0 Å². The van der Waals surface area contributed by atoms with Crippen LogP contribution in [0.4, 0.5) is 0 Å². The number of alkyl halides is 1. The third kappa shape index (κ3) is 3.77. The molecule has 0 spiro atoms. The van der Waals surface area contributed by atoms with Crippen LogP contribution in [0.15, 0.2) is 0 Å². The van der Waals surface area contributed by atoms with Gasteiger partial charge in [0.2, 0.25) is 0 Å². The fourth-order valence-corrected chi connectivity index (χ4v) is 0.401. The summed E-state index contributed by atoms with van der Waals surface area (Å²) in [7, 11) is 0. The van der Waals surface area contributed by atoms with Crippen molar-refractivity contribution >= 4 is 15.9 Å². The lowest BCUT2D eigenvalue weighted by Gasteiger charge is -1.96. The molecule has 1 atom stereocenters. The van der Waals surface area contributed by atoms with Crippen LogP contribution in [-0.2, 0) is 0 Å². The first kappa shape index (κ1) is 6.93. The minimum absolute atomic E-state index is 0.00463. The highest BCUT2D eigenvalue weighted by molar-refractivity contribution is 9.09. The maximum atomic E-state index is 8.02. The van der Waals surface area contributed by atoms with E-state index in [1.807, 2.05) is 6.07 Å². The van der Waals surface area contributed by atoms with E-state index in [2.05, 4.69) is 15.9 Å². The lowest BCUT2D eigenvalue weighted by Crippen LogP contribution is -2.19. The first-order valence-corrected chi connectivity index (χ1v) is 3.12. The summed E-state index contributed by atoms with van der Waals surface area (Å²) in [5.41, 5.74) is 5.31. The number of rotatable bonds is 2. The first-order valence-electron chi connectivity index (χ1n) is 1.99. The van der Waals surface area contributed by atoms with Crippen molar-refractivity contribution in [3.63, 3.8) is 0 Å². The van der Waals surface area contributed by atoms with Crippen molar-refractivity contribution in [1.82, 2.24) is 0 Å². The van der Waals surface area contributed by atoms with Crippen LogP contribution in [0.25, 0.3) is 0 Å². The van der Waals surface area contributed by atoms with Crippen LogP contribution in [0.1, 0.15) is 6.42 Å². The van der Waals surface area contributed by atoms with Gasteiger partial charge in [0.1, 0.15) is 0 Å². The highest BCUT2D eigenvalue weighted by atomic mass is 79.9. The van der Waals surface area contributed by atoms with Gasteiger partial charge in [0.25, 0.3) is 0 Å². The molecule has 0 aromatic carbocycles. The predicted molar refractivity (Wildman–Crippen MR) is 32.0 cm³/mol. The Bertz CT molecular complexity index is 76.2. The summed E-state index contributed by atoms with van der Waals surface area (Å²) in [6.07, 6.45) is 0.436. The van der Waals surface area contributed by atoms with Crippen molar-refractivity contribution in [2.45, 2.75) is 12.5 Å². The fraction of sp³-hybridized carbons (Fsp3) is 0.750. The minimum atomic E-state index is 0.00463. The molecule has 0 aliphatic heterocycles. The summed E-state index contributed by atoms with van der Waals surface area (Å²) < 4.78 is 0. The molecule has 40 valence electrons. The molecule has 0 heterocycles. The molecule has 0 aliphatic carbocycles. The van der Waals surface area contributed by atoms with Crippen molar-refractivity contribution in [1.29, 1.82) is 5.26 Å². The standard InChI is InChI=1S/C4H7BrN2/c5-3-4(7)1-2-6/h4H,1,3,7H2. The third-order valence-corrected chi connectivity index (χ3v) is 1.38. The van der Waals surface area contributed by atoms with Gasteiger partial charge in [-0.2, -0.15) is 5.26 Å². The molecule has 0 rings (SSSR count). The summed E-state index contributed by atoms with van der Waals surface area (Å²) in [5, 5.41) is 8.73. The maximum Gasteiger partial charge on any atom is 0.0638 e. The summed E-state index contributed by atoms with van der Waals surface area (Å²) in [6.45, 7) is 0. The second-order valence-electron chi connectivity index (χ2n) is 1.28. The molecule has 0 saturated carbocycles. The Hall–Kier alpha value is -0.0700. The van der Waals surface area contributed by atoms with Gasteiger partial charge in [0.05, 0.1) is 12.5 Å². The Morgan fingerprint density at radius 1 is 1.86 bits per heavy atom. The van der Waals surface area contributed by atoms with E-state index in [-0.39, 0.29) is 6.04 Å². The quantitative estimate of drug-likeness (QED) is 0.606. The zero-order chi connectivity index (χ0) is 5.70. The van der Waals surface area contributed by atoms with Gasteiger partial charge >= 0.3 is 0 Å². The van der Waals surface area contributed by atoms with E-state index >= 15 is 0 Å². The second-order valence-corrected chi connectivity index (χ2v) is 1.92. The van der Waals surface area contributed by atoms with Crippen LogP contribution in [-0.4, -0.2) is 11.4 Å². The molecule has 0 aromatic rings. The Balaban J connectivity index is 3.03. The lowest BCUT2D eigenvalue weighted by molar-refractivity contribution is 0.781. The molecule has 2 N–H and O–H groups in total. The van der Waals surface area contributed by atoms with Gasteiger partial charge < -0.3 is 5.73 Å². The summed E-state index contributed by atoms with van der Waals surface area (Å²) in [5.74, 6) is 0. The Kier molecular flexibility index (Phi) is 4.06. The van der Waals surface area contributed by atoms with Gasteiger partial charge in [0, 0.05) is 11.4 Å². The minimum Gasteiger partial charge on any atom is -0.326 e. The van der Waals surface area contributed by atoms with E-state index in [1.165, 1.54) is 0 Å². The SMILES string of the molecule is N#CCC(N)CBr. The van der Waals surface area contributed by atoms with E-state index in [9.17, 15) is 0 Å². The molecule has 0 aliphatic rings. The molecule has 0 radical (unpaired) electrons. The molecular weight excluding hydrogens is 156 g/mol. The topological polar surface area (TPSA) is 49.8 Å². The normalized spacial score (nSPS) is 12.7. The number of hydrogen-bond acceptors (Lipinski definition) is 2. The summed E-state index contributed by atoms with van der Waals surface area (Å²) >= 11 is 3.14. The largest absolute Gasteiger partial charge is 0.326 e. The van der Waals surface area contributed by atoms with E-state index < -0.39 is 0 Å². The zero-order valence-corrected chi connectivity index (χ0v) is 5.48. The first-order chi connectivity index (χ1) is 3.31. The predicted octanol–water partition coefficient (Wildman–Crippen LogP) is 0.622. The third-order valence-electron chi connectivity index (χ3n) is 0.552. The molecule has 1 unspecified atom stereocenters. The number of nitriles is 1. The van der Waals surface area contributed by atoms with Crippen LogP contribution >= 0.6 is 15.9 Å². The number of halogens is 1. The van der Waals surface area contributed by atoms with Crippen molar-refractivity contribution in [2.75, 3.05) is 5.33 Å². The Morgan fingerprint density at radius 3 is 2.57 bits per heavy atom. The molecule has 0 bridgehead atoms. The van der Waals surface area contributed by atoms with Crippen LogP contribution in [0, 0.1) is 11.3 Å². The molecule has 0 saturated heterocycles. The van der Waals surface area contributed by atoms with E-state index in [1.54, 1.807) is 0 Å². The average molecular weight is 163 g/mol. The second kappa shape index (κ2) is 4.10. The van der Waals surface area contributed by atoms with E-state index in [4.69, 9.17) is 11.0 Å². The van der Waals surface area contributed by atoms with Gasteiger partial charge in [-0.25, -0.2) is 0 Å². The molecule has 0 amide bonds. The van der Waals surface area contributed by atoms with E-state index in [0.29, 0.717) is 11.8 Å². The summed E-state index contributed by atoms with van der Waals surface area (Å²) in [6, 6.07) is 1.97. The number of hydrogen-bond donors (Lipinski definition) is 1. The molecule has 0 aromatic heterocycles. The molecule has 2 nitrogen and oxygen atoms in total. The fourth-order valence-electron chi connectivity index (χ4n) is 0.172. The Labute approximate surface area is 51.4 Å². The number of nitrogens with two attached hydrogens (primary N) is 1. The maximum absolute atomic E-state index is 8.02. The molecule has 7 heavy (non-hydrogen) atoms. The van der Waals surface area contributed by atoms with Crippen molar-refractivity contribution < 1.29 is 0 Å². The van der Waals surface area contributed by atoms with Crippen molar-refractivity contribution in [3.05, 3.63) is 0 Å². The molecular formula is C4H7BrN2. The van der Waals surface area contributed by atoms with Gasteiger partial charge in [-0.15, -0.1) is 0 Å². The van der Waals surface area contributed by atoms with Gasteiger partial charge in [-0.3, -0.25) is 0 Å². The van der Waals surface area contributed by atoms with Crippen LogP contribution in [0.2, 0.25) is 0 Å². The monoisotopic (exact) mass is 162 g/mol. The van der Waals surface area contributed by atoms with Crippen LogP contribution < -0.4 is 5.73 Å². The lowest BCUT2D eigenvalue weighted by atomic mass is 10.3. The summed E-state index contributed by atoms with van der Waals surface area (Å²) in [4.78, 5) is 0. The van der Waals surface area contributed by atoms with Crippen LogP contribution in [0.5, 0.6) is 0 Å². The Morgan fingerprint density at radius 2 is 2.43 bits per heavy atom. The van der Waals surface area contributed by atoms with Crippen molar-refractivity contribution in [3.8, 4) is 6.07 Å². The number of nitrogens with zero attached hydrogens (tertiary/aromatic N) is 1. The van der Waals surface area contributed by atoms with Crippen LogP contribution in [0.3, 0.4) is 0 Å². The molecule has 3 heteroatoms. The highest BCUT2D eigenvalue weighted by Gasteiger charge is 1.94. The van der Waals surface area contributed by atoms with Gasteiger partial charge in [-0.1, -0.05) is 15.9 Å². The molecule has 0 fully saturated rings. The average Bonchev–Trinajstić information content (AvgIpc) is 1.68. The van der Waals surface area contributed by atoms with Gasteiger partial charge in [0.15, 0.2) is 0 Å². The van der Waals surface area contributed by atoms with Crippen molar-refractivity contribution in [2.24, 2.45) is 5.73 Å². The zero-order valence-electron chi connectivity index (χ0n) is 3.89. The van der Waals surface area contributed by atoms with Gasteiger partial charge in [-0.05, 0) is 0 Å².